The summed E-state index contributed by atoms with van der Waals surface area (Å²) in [5.74, 6) is 1.01. The molecule has 0 bridgehead atoms. The van der Waals surface area contributed by atoms with Gasteiger partial charge in [0, 0.05) is 6.20 Å². The van der Waals surface area contributed by atoms with E-state index in [2.05, 4.69) is 25.3 Å². The summed E-state index contributed by atoms with van der Waals surface area (Å²) in [6, 6.07) is 3.82. The van der Waals surface area contributed by atoms with Crippen LogP contribution in [-0.2, 0) is 6.54 Å². The van der Waals surface area contributed by atoms with Crippen molar-refractivity contribution in [3.8, 4) is 0 Å². The lowest BCUT2D eigenvalue weighted by Crippen LogP contribution is -2.05. The highest BCUT2D eigenvalue weighted by Gasteiger charge is 2.07. The zero-order valence-electron chi connectivity index (χ0n) is 9.37. The molecule has 18 heavy (non-hydrogen) atoms. The molecule has 0 atom stereocenters. The average Bonchev–Trinajstić information content (AvgIpc) is 2.85. The number of hydrogen-bond donors (Lipinski definition) is 2. The minimum Gasteiger partial charge on any atom is -0.368 e. The van der Waals surface area contributed by atoms with E-state index in [1.165, 1.54) is 6.33 Å². The number of nitrogens with zero attached hydrogens (tertiary/aromatic N) is 4. The summed E-state index contributed by atoms with van der Waals surface area (Å²) in [5.41, 5.74) is 6.57. The Kier molecular flexibility index (Phi) is 2.73. The number of thiophene rings is 1. The molecule has 0 aromatic carbocycles. The molecule has 0 fully saturated rings. The number of anilines is 2. The van der Waals surface area contributed by atoms with Crippen LogP contribution in [0.3, 0.4) is 0 Å². The average molecular weight is 258 g/mol. The molecule has 3 aromatic heterocycles. The second kappa shape index (κ2) is 4.53. The first-order valence-corrected chi connectivity index (χ1v) is 6.20. The van der Waals surface area contributed by atoms with Gasteiger partial charge in [0.2, 0.25) is 5.95 Å². The van der Waals surface area contributed by atoms with Crippen molar-refractivity contribution < 1.29 is 0 Å². The van der Waals surface area contributed by atoms with Gasteiger partial charge in [0.1, 0.15) is 17.0 Å². The molecule has 0 amide bonds. The summed E-state index contributed by atoms with van der Waals surface area (Å²) >= 11 is 1.54. The number of nitrogen functional groups attached to an aromatic ring is 1. The molecule has 0 unspecified atom stereocenters. The first-order chi connectivity index (χ1) is 8.83. The van der Waals surface area contributed by atoms with Gasteiger partial charge in [0.15, 0.2) is 0 Å². The smallest absolute Gasteiger partial charge is 0.223 e. The summed E-state index contributed by atoms with van der Waals surface area (Å²) in [6.07, 6.45) is 3.23. The van der Waals surface area contributed by atoms with Crippen LogP contribution in [0, 0.1) is 0 Å². The van der Waals surface area contributed by atoms with Gasteiger partial charge in [-0.2, -0.15) is 4.98 Å². The lowest BCUT2D eigenvalue weighted by Gasteiger charge is -2.06. The van der Waals surface area contributed by atoms with Crippen LogP contribution < -0.4 is 11.1 Å². The summed E-state index contributed by atoms with van der Waals surface area (Å²) in [4.78, 5) is 17.3. The van der Waals surface area contributed by atoms with Gasteiger partial charge in [-0.3, -0.25) is 0 Å². The molecule has 3 rings (SSSR count). The number of nitrogens with two attached hydrogens (primary N) is 1. The van der Waals surface area contributed by atoms with E-state index < -0.39 is 0 Å². The maximum Gasteiger partial charge on any atom is 0.223 e. The van der Waals surface area contributed by atoms with Crippen LogP contribution in [0.2, 0.25) is 0 Å². The Balaban J connectivity index is 1.88. The Morgan fingerprint density at radius 2 is 2.22 bits per heavy atom. The second-order valence-corrected chi connectivity index (χ2v) is 4.52. The van der Waals surface area contributed by atoms with Crippen LogP contribution in [0.25, 0.3) is 10.2 Å². The van der Waals surface area contributed by atoms with Gasteiger partial charge in [0.05, 0.1) is 17.6 Å². The van der Waals surface area contributed by atoms with E-state index in [-0.39, 0.29) is 5.95 Å². The Bertz CT molecular complexity index is 666. The summed E-state index contributed by atoms with van der Waals surface area (Å²) < 4.78 is 0. The number of nitrogens with one attached hydrogen (secondary N) is 1. The molecule has 0 saturated carbocycles. The van der Waals surface area contributed by atoms with E-state index in [4.69, 9.17) is 5.73 Å². The highest BCUT2D eigenvalue weighted by Crippen LogP contribution is 2.25. The predicted octanol–water partition coefficient (Wildman–Crippen LogP) is 1.68. The Morgan fingerprint density at radius 1 is 1.28 bits per heavy atom. The van der Waals surface area contributed by atoms with Gasteiger partial charge in [-0.05, 0) is 17.5 Å². The fourth-order valence-electron chi connectivity index (χ4n) is 1.60. The molecular formula is C11H10N6S. The number of rotatable bonds is 3. The summed E-state index contributed by atoms with van der Waals surface area (Å²) in [5, 5.41) is 6.16. The Morgan fingerprint density at radius 3 is 3.06 bits per heavy atom. The minimum atomic E-state index is 0.273. The van der Waals surface area contributed by atoms with Gasteiger partial charge < -0.3 is 11.1 Å². The zero-order chi connectivity index (χ0) is 12.4. The fourth-order valence-corrected chi connectivity index (χ4v) is 2.37. The van der Waals surface area contributed by atoms with Gasteiger partial charge in [-0.15, -0.1) is 11.3 Å². The molecule has 0 aliphatic carbocycles. The zero-order valence-corrected chi connectivity index (χ0v) is 10.2. The molecule has 0 aliphatic rings. The predicted molar refractivity (Wildman–Crippen MR) is 71.2 cm³/mol. The van der Waals surface area contributed by atoms with Crippen molar-refractivity contribution in [2.24, 2.45) is 0 Å². The molecule has 7 heteroatoms. The molecule has 3 heterocycles. The van der Waals surface area contributed by atoms with E-state index in [1.807, 2.05) is 17.5 Å². The van der Waals surface area contributed by atoms with Gasteiger partial charge in [-0.25, -0.2) is 15.0 Å². The van der Waals surface area contributed by atoms with Crippen molar-refractivity contribution in [3.63, 3.8) is 0 Å². The van der Waals surface area contributed by atoms with E-state index >= 15 is 0 Å². The quantitative estimate of drug-likeness (QED) is 0.742. The molecule has 0 spiro atoms. The highest BCUT2D eigenvalue weighted by atomic mass is 32.1. The van der Waals surface area contributed by atoms with Crippen LogP contribution in [-0.4, -0.2) is 19.9 Å². The molecule has 0 aliphatic heterocycles. The van der Waals surface area contributed by atoms with Crippen LogP contribution in [0.1, 0.15) is 5.69 Å². The Hall–Kier alpha value is -2.28. The molecule has 6 nitrogen and oxygen atoms in total. The van der Waals surface area contributed by atoms with E-state index in [0.29, 0.717) is 6.54 Å². The topological polar surface area (TPSA) is 89.6 Å². The standard InChI is InChI=1S/C11H10N6S/c12-11-16-9(8-2-4-18-10(8)17-11)14-5-7-1-3-13-6-15-7/h1-4,6H,5H2,(H3,12,14,16,17). The molecule has 0 radical (unpaired) electrons. The van der Waals surface area contributed by atoms with E-state index in [0.717, 1.165) is 21.7 Å². The van der Waals surface area contributed by atoms with E-state index in [9.17, 15) is 0 Å². The maximum absolute atomic E-state index is 5.67. The van der Waals surface area contributed by atoms with Crippen molar-refractivity contribution >= 4 is 33.3 Å². The third-order valence-electron chi connectivity index (χ3n) is 2.42. The largest absolute Gasteiger partial charge is 0.368 e. The minimum absolute atomic E-state index is 0.273. The second-order valence-electron chi connectivity index (χ2n) is 3.62. The number of fused-ring (bicyclic) bond motifs is 1. The van der Waals surface area contributed by atoms with Crippen molar-refractivity contribution in [2.45, 2.75) is 6.54 Å². The summed E-state index contributed by atoms with van der Waals surface area (Å²) in [6.45, 7) is 0.573. The van der Waals surface area contributed by atoms with Crippen molar-refractivity contribution in [2.75, 3.05) is 11.1 Å². The third kappa shape index (κ3) is 2.07. The van der Waals surface area contributed by atoms with Crippen molar-refractivity contribution in [3.05, 3.63) is 35.7 Å². The molecular weight excluding hydrogens is 248 g/mol. The Labute approximate surface area is 107 Å². The maximum atomic E-state index is 5.67. The molecule has 3 N–H and O–H groups in total. The highest BCUT2D eigenvalue weighted by molar-refractivity contribution is 7.16. The van der Waals surface area contributed by atoms with Crippen LogP contribution in [0.4, 0.5) is 11.8 Å². The lowest BCUT2D eigenvalue weighted by atomic mass is 10.3. The third-order valence-corrected chi connectivity index (χ3v) is 3.23. The van der Waals surface area contributed by atoms with Gasteiger partial charge in [-0.1, -0.05) is 0 Å². The van der Waals surface area contributed by atoms with Crippen LogP contribution in [0.5, 0.6) is 0 Å². The first kappa shape index (κ1) is 10.8. The monoisotopic (exact) mass is 258 g/mol. The fraction of sp³-hybridized carbons (Fsp3) is 0.0909. The van der Waals surface area contributed by atoms with Crippen molar-refractivity contribution in [1.82, 2.24) is 19.9 Å². The SMILES string of the molecule is Nc1nc(NCc2ccncn2)c2ccsc2n1. The lowest BCUT2D eigenvalue weighted by molar-refractivity contribution is 0.998. The first-order valence-electron chi connectivity index (χ1n) is 5.32. The van der Waals surface area contributed by atoms with Gasteiger partial charge in [0.25, 0.3) is 0 Å². The molecule has 90 valence electrons. The van der Waals surface area contributed by atoms with Crippen LogP contribution in [0.15, 0.2) is 30.0 Å². The van der Waals surface area contributed by atoms with Crippen molar-refractivity contribution in [1.29, 1.82) is 0 Å². The number of aromatic nitrogens is 4. The summed E-state index contributed by atoms with van der Waals surface area (Å²) in [7, 11) is 0. The van der Waals surface area contributed by atoms with E-state index in [1.54, 1.807) is 17.5 Å². The molecule has 0 saturated heterocycles. The molecule has 3 aromatic rings. The van der Waals surface area contributed by atoms with Gasteiger partial charge >= 0.3 is 0 Å². The normalized spacial score (nSPS) is 10.7. The number of hydrogen-bond acceptors (Lipinski definition) is 7. The van der Waals surface area contributed by atoms with Crippen LogP contribution >= 0.6 is 11.3 Å².